The van der Waals surface area contributed by atoms with Crippen molar-refractivity contribution in [2.45, 2.75) is 45.8 Å². The SMILES string of the molecule is CC1(C)C2CCC1(C)C1(C2)NC(=O)c2ccccc2O1. The molecule has 3 nitrogen and oxygen atoms in total. The number of ether oxygens (including phenoxy) is 1. The normalized spacial score (nSPS) is 40.4. The van der Waals surface area contributed by atoms with Crippen LogP contribution in [0.1, 0.15) is 50.4 Å². The summed E-state index contributed by atoms with van der Waals surface area (Å²) in [6.45, 7) is 6.94. The molecule has 3 atom stereocenters. The number of rotatable bonds is 0. The fraction of sp³-hybridized carbons (Fsp3) is 0.588. The number of nitrogens with one attached hydrogen (secondary N) is 1. The molecule has 2 fully saturated rings. The second-order valence-electron chi connectivity index (χ2n) is 7.37. The summed E-state index contributed by atoms with van der Waals surface area (Å²) in [5, 5.41) is 3.21. The summed E-state index contributed by atoms with van der Waals surface area (Å²) < 4.78 is 6.39. The third-order valence-corrected chi connectivity index (χ3v) is 6.59. The molecule has 3 unspecified atom stereocenters. The van der Waals surface area contributed by atoms with Gasteiger partial charge in [-0.15, -0.1) is 0 Å². The minimum Gasteiger partial charge on any atom is -0.467 e. The quantitative estimate of drug-likeness (QED) is 0.786. The van der Waals surface area contributed by atoms with Gasteiger partial charge in [-0.25, -0.2) is 0 Å². The van der Waals surface area contributed by atoms with Crippen molar-refractivity contribution in [1.82, 2.24) is 5.32 Å². The molecule has 2 aliphatic carbocycles. The second kappa shape index (κ2) is 3.38. The lowest BCUT2D eigenvalue weighted by atomic mass is 9.67. The zero-order valence-electron chi connectivity index (χ0n) is 12.3. The Labute approximate surface area is 119 Å². The Kier molecular flexibility index (Phi) is 2.07. The van der Waals surface area contributed by atoms with Gasteiger partial charge in [0.15, 0.2) is 5.72 Å². The van der Waals surface area contributed by atoms with Crippen LogP contribution in [0.2, 0.25) is 0 Å². The van der Waals surface area contributed by atoms with E-state index < -0.39 is 5.72 Å². The van der Waals surface area contributed by atoms with E-state index in [0.29, 0.717) is 11.5 Å². The van der Waals surface area contributed by atoms with Crippen LogP contribution in [-0.4, -0.2) is 11.6 Å². The average Bonchev–Trinajstić information content (AvgIpc) is 2.71. The maximum absolute atomic E-state index is 12.5. The van der Waals surface area contributed by atoms with Gasteiger partial charge in [0.05, 0.1) is 5.56 Å². The number of hydrogen-bond donors (Lipinski definition) is 1. The van der Waals surface area contributed by atoms with Crippen LogP contribution in [0.3, 0.4) is 0 Å². The van der Waals surface area contributed by atoms with Crippen LogP contribution in [0.5, 0.6) is 5.75 Å². The molecule has 2 bridgehead atoms. The van der Waals surface area contributed by atoms with Gasteiger partial charge >= 0.3 is 0 Å². The molecular formula is C17H21NO2. The Balaban J connectivity index is 1.84. The molecule has 1 N–H and O–H groups in total. The minimum absolute atomic E-state index is 0.00609. The predicted octanol–water partition coefficient (Wildman–Crippen LogP) is 3.35. The van der Waals surface area contributed by atoms with Gasteiger partial charge in [-0.2, -0.15) is 0 Å². The van der Waals surface area contributed by atoms with Crippen LogP contribution in [0.4, 0.5) is 0 Å². The van der Waals surface area contributed by atoms with Gasteiger partial charge in [0.1, 0.15) is 5.75 Å². The van der Waals surface area contributed by atoms with Crippen molar-refractivity contribution in [1.29, 1.82) is 0 Å². The highest BCUT2D eigenvalue weighted by Gasteiger charge is 2.72. The van der Waals surface area contributed by atoms with Crippen molar-refractivity contribution in [3.63, 3.8) is 0 Å². The summed E-state index contributed by atoms with van der Waals surface area (Å²) in [4.78, 5) is 12.5. The van der Waals surface area contributed by atoms with Crippen molar-refractivity contribution in [2.24, 2.45) is 16.7 Å². The fourth-order valence-electron chi connectivity index (χ4n) is 4.80. The van der Waals surface area contributed by atoms with Crippen LogP contribution >= 0.6 is 0 Å². The summed E-state index contributed by atoms with van der Waals surface area (Å²) >= 11 is 0. The number of benzene rings is 1. The molecule has 1 aromatic carbocycles. The molecule has 1 amide bonds. The molecule has 1 aromatic rings. The van der Waals surface area contributed by atoms with E-state index in [1.54, 1.807) is 0 Å². The molecular weight excluding hydrogens is 250 g/mol. The molecule has 3 heteroatoms. The first kappa shape index (κ1) is 12.2. The molecule has 2 saturated carbocycles. The first-order chi connectivity index (χ1) is 9.40. The van der Waals surface area contributed by atoms with Gasteiger partial charge in [0, 0.05) is 11.8 Å². The first-order valence-electron chi connectivity index (χ1n) is 7.50. The molecule has 1 aliphatic heterocycles. The Morgan fingerprint density at radius 2 is 2.00 bits per heavy atom. The van der Waals surface area contributed by atoms with E-state index in [2.05, 4.69) is 26.1 Å². The molecule has 1 heterocycles. The lowest BCUT2D eigenvalue weighted by molar-refractivity contribution is -0.0912. The van der Waals surface area contributed by atoms with E-state index >= 15 is 0 Å². The average molecular weight is 271 g/mol. The van der Waals surface area contributed by atoms with Crippen LogP contribution in [0.15, 0.2) is 24.3 Å². The standard InChI is InChI=1S/C17H21NO2/c1-15(2)11-8-9-16(15,3)17(10-11)18-14(19)12-6-4-5-7-13(12)20-17/h4-7,11H,8-10H2,1-3H3,(H,18,19). The molecule has 4 rings (SSSR count). The third kappa shape index (κ3) is 1.16. The van der Waals surface area contributed by atoms with E-state index in [0.717, 1.165) is 18.6 Å². The smallest absolute Gasteiger partial charge is 0.258 e. The van der Waals surface area contributed by atoms with Crippen molar-refractivity contribution >= 4 is 5.91 Å². The zero-order chi connectivity index (χ0) is 14.2. The van der Waals surface area contributed by atoms with Gasteiger partial charge < -0.3 is 10.1 Å². The third-order valence-electron chi connectivity index (χ3n) is 6.59. The van der Waals surface area contributed by atoms with Gasteiger partial charge in [-0.3, -0.25) is 4.79 Å². The topological polar surface area (TPSA) is 38.3 Å². The summed E-state index contributed by atoms with van der Waals surface area (Å²) in [5.74, 6) is 1.37. The highest BCUT2D eigenvalue weighted by atomic mass is 16.5. The highest BCUT2D eigenvalue weighted by molar-refractivity contribution is 5.98. The number of carbonyl (C=O) groups excluding carboxylic acids is 1. The summed E-state index contributed by atoms with van der Waals surface area (Å²) in [6.07, 6.45) is 3.29. The zero-order valence-corrected chi connectivity index (χ0v) is 12.3. The maximum atomic E-state index is 12.5. The molecule has 106 valence electrons. The molecule has 0 radical (unpaired) electrons. The predicted molar refractivity (Wildman–Crippen MR) is 76.5 cm³/mol. The van der Waals surface area contributed by atoms with Crippen molar-refractivity contribution in [3.8, 4) is 5.75 Å². The van der Waals surface area contributed by atoms with Crippen LogP contribution < -0.4 is 10.1 Å². The van der Waals surface area contributed by atoms with E-state index in [4.69, 9.17) is 4.74 Å². The molecule has 0 aromatic heterocycles. The van der Waals surface area contributed by atoms with Crippen LogP contribution in [0.25, 0.3) is 0 Å². The monoisotopic (exact) mass is 271 g/mol. The van der Waals surface area contributed by atoms with Crippen LogP contribution in [-0.2, 0) is 0 Å². The van der Waals surface area contributed by atoms with Gasteiger partial charge in [0.25, 0.3) is 5.91 Å². The molecule has 20 heavy (non-hydrogen) atoms. The Morgan fingerprint density at radius 1 is 1.25 bits per heavy atom. The van der Waals surface area contributed by atoms with Crippen molar-refractivity contribution in [3.05, 3.63) is 29.8 Å². The second-order valence-corrected chi connectivity index (χ2v) is 7.37. The minimum atomic E-state index is -0.523. The Morgan fingerprint density at radius 3 is 2.65 bits per heavy atom. The summed E-state index contributed by atoms with van der Waals surface area (Å²) in [6, 6.07) is 7.56. The maximum Gasteiger partial charge on any atom is 0.258 e. The van der Waals surface area contributed by atoms with Crippen molar-refractivity contribution < 1.29 is 9.53 Å². The van der Waals surface area contributed by atoms with E-state index in [1.165, 1.54) is 6.42 Å². The van der Waals surface area contributed by atoms with E-state index in [1.807, 2.05) is 24.3 Å². The number of amides is 1. The lowest BCUT2D eigenvalue weighted by Gasteiger charge is -2.50. The summed E-state index contributed by atoms with van der Waals surface area (Å²) in [7, 11) is 0. The number of fused-ring (bicyclic) bond motifs is 4. The van der Waals surface area contributed by atoms with Gasteiger partial charge in [0.2, 0.25) is 0 Å². The van der Waals surface area contributed by atoms with E-state index in [9.17, 15) is 4.79 Å². The Hall–Kier alpha value is -1.51. The summed E-state index contributed by atoms with van der Waals surface area (Å²) in [5.41, 5.74) is 0.327. The van der Waals surface area contributed by atoms with Gasteiger partial charge in [-0.1, -0.05) is 32.9 Å². The molecule has 0 saturated heterocycles. The van der Waals surface area contributed by atoms with E-state index in [-0.39, 0.29) is 16.7 Å². The first-order valence-corrected chi connectivity index (χ1v) is 7.50. The number of para-hydroxylation sites is 1. The van der Waals surface area contributed by atoms with Crippen LogP contribution in [0, 0.1) is 16.7 Å². The number of hydrogen-bond acceptors (Lipinski definition) is 2. The highest BCUT2D eigenvalue weighted by Crippen LogP contribution is 2.70. The largest absolute Gasteiger partial charge is 0.467 e. The van der Waals surface area contributed by atoms with Gasteiger partial charge in [-0.05, 0) is 36.3 Å². The van der Waals surface area contributed by atoms with Crippen molar-refractivity contribution in [2.75, 3.05) is 0 Å². The number of carbonyl (C=O) groups is 1. The Bertz CT molecular complexity index is 609. The molecule has 3 aliphatic rings. The molecule has 1 spiro atoms. The fourth-order valence-corrected chi connectivity index (χ4v) is 4.80. The lowest BCUT2D eigenvalue weighted by Crippen LogP contribution is -2.64.